The molecule has 0 unspecified atom stereocenters. The fraction of sp³-hybridized carbons (Fsp3) is 0.350. The van der Waals surface area contributed by atoms with E-state index in [9.17, 15) is 0 Å². The lowest BCUT2D eigenvalue weighted by molar-refractivity contribution is 0.122. The summed E-state index contributed by atoms with van der Waals surface area (Å²) in [7, 11) is 1.70. The molecule has 2 aromatic carbocycles. The van der Waals surface area contributed by atoms with Gasteiger partial charge in [0.2, 0.25) is 0 Å². The molecule has 0 radical (unpaired) electrons. The van der Waals surface area contributed by atoms with Gasteiger partial charge in [-0.3, -0.25) is 4.99 Å². The van der Waals surface area contributed by atoms with Crippen molar-refractivity contribution < 1.29 is 9.47 Å². The van der Waals surface area contributed by atoms with Crippen molar-refractivity contribution >= 4 is 17.6 Å². The van der Waals surface area contributed by atoms with Gasteiger partial charge in [-0.25, -0.2) is 0 Å². The molecule has 24 heavy (non-hydrogen) atoms. The summed E-state index contributed by atoms with van der Waals surface area (Å²) in [4.78, 5) is 6.91. The van der Waals surface area contributed by atoms with Crippen LogP contribution in [0.1, 0.15) is 16.7 Å². The first-order valence-electron chi connectivity index (χ1n) is 8.29. The zero-order valence-electron chi connectivity index (χ0n) is 14.6. The van der Waals surface area contributed by atoms with Crippen LogP contribution in [0, 0.1) is 13.8 Å². The van der Waals surface area contributed by atoms with Crippen molar-refractivity contribution in [2.75, 3.05) is 38.3 Å². The maximum absolute atomic E-state index is 5.56. The Labute approximate surface area is 143 Å². The number of ether oxygens (including phenoxy) is 2. The number of benzene rings is 2. The molecule has 126 valence electrons. The molecule has 1 heterocycles. The fourth-order valence-electron chi connectivity index (χ4n) is 2.77. The summed E-state index contributed by atoms with van der Waals surface area (Å²) < 4.78 is 11.0. The molecule has 1 fully saturated rings. The van der Waals surface area contributed by atoms with Gasteiger partial charge in [0.15, 0.2) is 0 Å². The lowest BCUT2D eigenvalue weighted by atomic mass is 10.1. The summed E-state index contributed by atoms with van der Waals surface area (Å²) in [6.45, 7) is 7.59. The number of aryl methyl sites for hydroxylation is 2. The highest BCUT2D eigenvalue weighted by Gasteiger charge is 2.13. The average Bonchev–Trinajstić information content (AvgIpc) is 2.63. The third-order valence-electron chi connectivity index (χ3n) is 4.44. The minimum Gasteiger partial charge on any atom is -0.496 e. The molecule has 0 atom stereocenters. The molecular weight excluding hydrogens is 300 g/mol. The van der Waals surface area contributed by atoms with Crippen molar-refractivity contribution in [2.24, 2.45) is 4.99 Å². The minimum atomic E-state index is 0.776. The molecule has 1 aliphatic rings. The third kappa shape index (κ3) is 3.77. The van der Waals surface area contributed by atoms with Crippen LogP contribution in [0.5, 0.6) is 5.75 Å². The van der Waals surface area contributed by atoms with Gasteiger partial charge in [-0.1, -0.05) is 6.07 Å². The molecule has 1 saturated heterocycles. The number of hydrogen-bond acceptors (Lipinski definition) is 4. The van der Waals surface area contributed by atoms with Gasteiger partial charge in [0.25, 0.3) is 0 Å². The van der Waals surface area contributed by atoms with Gasteiger partial charge in [-0.05, 0) is 49.2 Å². The van der Waals surface area contributed by atoms with E-state index in [1.807, 2.05) is 12.3 Å². The number of aliphatic imine (C=N–C) groups is 1. The fourth-order valence-corrected chi connectivity index (χ4v) is 2.77. The van der Waals surface area contributed by atoms with E-state index >= 15 is 0 Å². The van der Waals surface area contributed by atoms with E-state index in [2.05, 4.69) is 54.1 Å². The summed E-state index contributed by atoms with van der Waals surface area (Å²) in [5, 5.41) is 0. The molecule has 4 heteroatoms. The van der Waals surface area contributed by atoms with Gasteiger partial charge >= 0.3 is 0 Å². The number of nitrogens with zero attached hydrogens (tertiary/aromatic N) is 2. The molecule has 0 aliphatic carbocycles. The molecular formula is C20H24N2O2. The lowest BCUT2D eigenvalue weighted by Gasteiger charge is -2.29. The number of morpholine rings is 1. The maximum atomic E-state index is 5.56. The quantitative estimate of drug-likeness (QED) is 0.800. The van der Waals surface area contributed by atoms with Crippen molar-refractivity contribution in [3.63, 3.8) is 0 Å². The Morgan fingerprint density at radius 1 is 1.04 bits per heavy atom. The first-order chi connectivity index (χ1) is 11.7. The third-order valence-corrected chi connectivity index (χ3v) is 4.44. The summed E-state index contributed by atoms with van der Waals surface area (Å²) in [5.74, 6) is 0.839. The zero-order valence-corrected chi connectivity index (χ0v) is 14.6. The standard InChI is InChI=1S/C20H24N2O2/c1-15-4-6-18(12-16(15)2)21-14-17-5-7-19(13-20(17)23-3)22-8-10-24-11-9-22/h4-7,12-14H,8-11H2,1-3H3. The van der Waals surface area contributed by atoms with Crippen LogP contribution in [0.2, 0.25) is 0 Å². The van der Waals surface area contributed by atoms with Gasteiger partial charge in [0.1, 0.15) is 5.75 Å². The van der Waals surface area contributed by atoms with Crippen LogP contribution in [0.25, 0.3) is 0 Å². The van der Waals surface area contributed by atoms with E-state index in [1.165, 1.54) is 16.8 Å². The normalized spacial score (nSPS) is 15.0. The second kappa shape index (κ2) is 7.49. The highest BCUT2D eigenvalue weighted by Crippen LogP contribution is 2.26. The Morgan fingerprint density at radius 2 is 1.83 bits per heavy atom. The van der Waals surface area contributed by atoms with E-state index < -0.39 is 0 Å². The van der Waals surface area contributed by atoms with Crippen LogP contribution in [0.4, 0.5) is 11.4 Å². The Hall–Kier alpha value is -2.33. The smallest absolute Gasteiger partial charge is 0.129 e. The second-order valence-corrected chi connectivity index (χ2v) is 6.05. The molecule has 1 aliphatic heterocycles. The first kappa shape index (κ1) is 16.5. The molecule has 0 aromatic heterocycles. The largest absolute Gasteiger partial charge is 0.496 e. The van der Waals surface area contributed by atoms with Crippen LogP contribution in [0.15, 0.2) is 41.4 Å². The van der Waals surface area contributed by atoms with Crippen LogP contribution < -0.4 is 9.64 Å². The molecule has 2 aromatic rings. The van der Waals surface area contributed by atoms with Gasteiger partial charge in [0.05, 0.1) is 26.0 Å². The Morgan fingerprint density at radius 3 is 2.54 bits per heavy atom. The number of hydrogen-bond donors (Lipinski definition) is 0. The van der Waals surface area contributed by atoms with Gasteiger partial charge in [-0.2, -0.15) is 0 Å². The lowest BCUT2D eigenvalue weighted by Crippen LogP contribution is -2.36. The van der Waals surface area contributed by atoms with E-state index in [0.29, 0.717) is 0 Å². The summed E-state index contributed by atoms with van der Waals surface area (Å²) >= 11 is 0. The molecule has 3 rings (SSSR count). The monoisotopic (exact) mass is 324 g/mol. The number of rotatable bonds is 4. The van der Waals surface area contributed by atoms with Crippen LogP contribution in [0.3, 0.4) is 0 Å². The number of methoxy groups -OCH3 is 1. The van der Waals surface area contributed by atoms with Crippen molar-refractivity contribution in [3.8, 4) is 5.75 Å². The van der Waals surface area contributed by atoms with Crippen LogP contribution in [-0.2, 0) is 4.74 Å². The zero-order chi connectivity index (χ0) is 16.9. The Bertz CT molecular complexity index is 734. The highest BCUT2D eigenvalue weighted by atomic mass is 16.5. The highest BCUT2D eigenvalue weighted by molar-refractivity contribution is 5.86. The minimum absolute atomic E-state index is 0.776. The Balaban J connectivity index is 1.82. The van der Waals surface area contributed by atoms with Crippen LogP contribution in [-0.4, -0.2) is 39.6 Å². The van der Waals surface area contributed by atoms with E-state index in [0.717, 1.165) is 43.3 Å². The molecule has 0 N–H and O–H groups in total. The molecule has 0 saturated carbocycles. The predicted molar refractivity (Wildman–Crippen MR) is 99.2 cm³/mol. The topological polar surface area (TPSA) is 34.1 Å². The van der Waals surface area contributed by atoms with Crippen molar-refractivity contribution in [3.05, 3.63) is 53.1 Å². The average molecular weight is 324 g/mol. The van der Waals surface area contributed by atoms with Crippen molar-refractivity contribution in [1.82, 2.24) is 0 Å². The first-order valence-corrected chi connectivity index (χ1v) is 8.29. The second-order valence-electron chi connectivity index (χ2n) is 6.05. The van der Waals surface area contributed by atoms with Crippen molar-refractivity contribution in [2.45, 2.75) is 13.8 Å². The summed E-state index contributed by atoms with van der Waals surface area (Å²) in [6.07, 6.45) is 1.87. The van der Waals surface area contributed by atoms with Gasteiger partial charge in [0, 0.05) is 36.6 Å². The molecule has 0 bridgehead atoms. The van der Waals surface area contributed by atoms with E-state index in [-0.39, 0.29) is 0 Å². The molecule has 0 amide bonds. The predicted octanol–water partition coefficient (Wildman–Crippen LogP) is 3.90. The van der Waals surface area contributed by atoms with Gasteiger partial charge < -0.3 is 14.4 Å². The van der Waals surface area contributed by atoms with E-state index in [4.69, 9.17) is 9.47 Å². The number of anilines is 1. The van der Waals surface area contributed by atoms with Crippen LogP contribution >= 0.6 is 0 Å². The van der Waals surface area contributed by atoms with E-state index in [1.54, 1.807) is 7.11 Å². The maximum Gasteiger partial charge on any atom is 0.129 e. The SMILES string of the molecule is COc1cc(N2CCOCC2)ccc1C=Nc1ccc(C)c(C)c1. The summed E-state index contributed by atoms with van der Waals surface area (Å²) in [5.41, 5.74) is 5.63. The Kier molecular flexibility index (Phi) is 5.16. The van der Waals surface area contributed by atoms with Crippen molar-refractivity contribution in [1.29, 1.82) is 0 Å². The molecule has 0 spiro atoms. The summed E-state index contributed by atoms with van der Waals surface area (Å²) in [6, 6.07) is 12.5. The molecule has 4 nitrogen and oxygen atoms in total. The van der Waals surface area contributed by atoms with Gasteiger partial charge in [-0.15, -0.1) is 0 Å².